The molecule has 7 nitrogen and oxygen atoms in total. The second-order valence-electron chi connectivity index (χ2n) is 9.30. The Kier molecular flexibility index (Phi) is 8.21. The van der Waals surface area contributed by atoms with Crippen LogP contribution in [-0.4, -0.2) is 40.8 Å². The van der Waals surface area contributed by atoms with Gasteiger partial charge in [-0.25, -0.2) is 13.4 Å². The summed E-state index contributed by atoms with van der Waals surface area (Å²) in [4.78, 5) is 20.9. The van der Waals surface area contributed by atoms with Gasteiger partial charge in [-0.3, -0.25) is 9.78 Å². The largest absolute Gasteiger partial charge is 0.416 e. The Labute approximate surface area is 221 Å². The van der Waals surface area contributed by atoms with Gasteiger partial charge in [0.1, 0.15) is 16.9 Å². The van der Waals surface area contributed by atoms with E-state index < -0.39 is 57.1 Å². The number of carbonyl (C=O) groups excluding carboxylic acids is 1. The van der Waals surface area contributed by atoms with E-state index in [1.807, 2.05) is 0 Å². The third-order valence-electron chi connectivity index (χ3n) is 6.32. The van der Waals surface area contributed by atoms with Crippen LogP contribution in [0.4, 0.5) is 26.3 Å². The average molecular weight is 577 g/mol. The van der Waals surface area contributed by atoms with Crippen LogP contribution < -0.4 is 5.32 Å². The molecule has 0 fully saturated rings. The van der Waals surface area contributed by atoms with Gasteiger partial charge in [0.2, 0.25) is 0 Å². The number of hydrogen-bond acceptors (Lipinski definition) is 5. The lowest BCUT2D eigenvalue weighted by atomic mass is 9.91. The zero-order valence-electron chi connectivity index (χ0n) is 21.4. The maximum Gasteiger partial charge on any atom is 0.416 e. The predicted octanol–water partition coefficient (Wildman–Crippen LogP) is 5.22. The molecule has 1 amide bonds. The molecule has 3 rings (SSSR count). The molecule has 1 aromatic carbocycles. The molecule has 14 heteroatoms. The molecule has 0 bridgehead atoms. The van der Waals surface area contributed by atoms with Crippen LogP contribution in [-0.2, 0) is 34.5 Å². The molecular formula is C25H26F6N4O3S. The predicted molar refractivity (Wildman–Crippen MR) is 130 cm³/mol. The summed E-state index contributed by atoms with van der Waals surface area (Å²) in [5, 5.41) is 2.47. The van der Waals surface area contributed by atoms with Crippen LogP contribution in [0, 0.1) is 6.92 Å². The van der Waals surface area contributed by atoms with Crippen molar-refractivity contribution in [2.24, 2.45) is 0 Å². The Balaban J connectivity index is 1.98. The summed E-state index contributed by atoms with van der Waals surface area (Å²) < 4.78 is 107. The minimum Gasteiger partial charge on any atom is -0.345 e. The lowest BCUT2D eigenvalue weighted by Gasteiger charge is -2.28. The molecule has 2 aromatic heterocycles. The first-order valence-corrected chi connectivity index (χ1v) is 13.3. The summed E-state index contributed by atoms with van der Waals surface area (Å²) in [6, 6.07) is 7.18. The highest BCUT2D eigenvalue weighted by molar-refractivity contribution is 7.91. The Hall–Kier alpha value is -3.42. The number of nitrogens with one attached hydrogen (secondary N) is 1. The monoisotopic (exact) mass is 576 g/mol. The molecule has 1 N–H and O–H groups in total. The molecule has 2 heterocycles. The number of aromatic nitrogens is 3. The van der Waals surface area contributed by atoms with Gasteiger partial charge >= 0.3 is 12.4 Å². The van der Waals surface area contributed by atoms with Gasteiger partial charge in [0.05, 0.1) is 28.5 Å². The van der Waals surface area contributed by atoms with E-state index in [2.05, 4.69) is 15.3 Å². The van der Waals surface area contributed by atoms with Crippen molar-refractivity contribution >= 4 is 15.7 Å². The molecule has 0 saturated carbocycles. The summed E-state index contributed by atoms with van der Waals surface area (Å²) in [5.41, 5.74) is -4.09. The summed E-state index contributed by atoms with van der Waals surface area (Å²) in [5.74, 6) is -1.62. The molecule has 0 spiro atoms. The van der Waals surface area contributed by atoms with Gasteiger partial charge in [0.15, 0.2) is 9.84 Å². The van der Waals surface area contributed by atoms with Crippen LogP contribution >= 0.6 is 0 Å². The summed E-state index contributed by atoms with van der Waals surface area (Å²) in [6.45, 7) is 3.63. The minimum absolute atomic E-state index is 0.00664. The third kappa shape index (κ3) is 6.26. The number of hydrogen-bond donors (Lipinski definition) is 1. The van der Waals surface area contributed by atoms with Crippen molar-refractivity contribution in [2.75, 3.05) is 5.75 Å². The van der Waals surface area contributed by atoms with Crippen LogP contribution in [0.25, 0.3) is 0 Å². The molecule has 39 heavy (non-hydrogen) atoms. The fourth-order valence-corrected chi connectivity index (χ4v) is 4.59. The van der Waals surface area contributed by atoms with Gasteiger partial charge in [0.25, 0.3) is 5.91 Å². The number of rotatable bonds is 8. The Morgan fingerprint density at radius 1 is 1.03 bits per heavy atom. The van der Waals surface area contributed by atoms with Crippen LogP contribution in [0.3, 0.4) is 0 Å². The van der Waals surface area contributed by atoms with Crippen molar-refractivity contribution in [1.82, 2.24) is 19.9 Å². The number of amides is 1. The number of nitrogens with zero attached hydrogens (tertiary/aromatic N) is 3. The highest BCUT2D eigenvalue weighted by Gasteiger charge is 2.52. The normalized spacial score (nSPS) is 13.0. The number of alkyl halides is 6. The van der Waals surface area contributed by atoms with E-state index in [-0.39, 0.29) is 34.1 Å². The second kappa shape index (κ2) is 10.6. The smallest absolute Gasteiger partial charge is 0.345 e. The van der Waals surface area contributed by atoms with E-state index in [1.54, 1.807) is 0 Å². The van der Waals surface area contributed by atoms with Crippen molar-refractivity contribution in [3.63, 3.8) is 0 Å². The summed E-state index contributed by atoms with van der Waals surface area (Å²) >= 11 is 0. The third-order valence-corrected chi connectivity index (χ3v) is 8.04. The second-order valence-corrected chi connectivity index (χ2v) is 11.6. The molecule has 212 valence electrons. The number of benzene rings is 1. The van der Waals surface area contributed by atoms with Gasteiger partial charge < -0.3 is 9.88 Å². The fourth-order valence-electron chi connectivity index (χ4n) is 3.77. The zero-order valence-corrected chi connectivity index (χ0v) is 22.2. The van der Waals surface area contributed by atoms with Crippen molar-refractivity contribution in [2.45, 2.75) is 63.4 Å². The highest BCUT2D eigenvalue weighted by atomic mass is 32.2. The fraction of sp³-hybridized carbons (Fsp3) is 0.400. The quantitative estimate of drug-likeness (QED) is 0.372. The van der Waals surface area contributed by atoms with Crippen LogP contribution in [0.1, 0.15) is 59.6 Å². The Bertz CT molecular complexity index is 1460. The maximum absolute atomic E-state index is 14.0. The molecular weight excluding hydrogens is 550 g/mol. The van der Waals surface area contributed by atoms with E-state index in [0.717, 1.165) is 36.7 Å². The maximum atomic E-state index is 14.0. The number of sulfone groups is 1. The van der Waals surface area contributed by atoms with E-state index in [4.69, 9.17) is 0 Å². The number of imidazole rings is 1. The Morgan fingerprint density at radius 3 is 2.21 bits per heavy atom. The first-order valence-electron chi connectivity index (χ1n) is 11.7. The molecule has 0 unspecified atom stereocenters. The standard InChI is InChI=1S/C25H26F6N4O3S/c1-5-39(37,38)18-11-10-17(32-13-18)12-33-21(36)20-15(2)35(22(34-20)23(3,4)25(29,30)31)14-16-8-6-7-9-19(16)24(26,27)28/h6-11,13H,5,12,14H2,1-4H3,(H,33,36). The molecule has 0 saturated heterocycles. The lowest BCUT2D eigenvalue weighted by molar-refractivity contribution is -0.183. The SMILES string of the molecule is CCS(=O)(=O)c1ccc(CNC(=O)c2nc(C(C)(C)C(F)(F)F)n(Cc3ccccc3C(F)(F)F)c2C)nc1. The first kappa shape index (κ1) is 30.1. The molecule has 0 atom stereocenters. The lowest BCUT2D eigenvalue weighted by Crippen LogP contribution is -2.39. The molecule has 0 aliphatic carbocycles. The highest BCUT2D eigenvalue weighted by Crippen LogP contribution is 2.41. The topological polar surface area (TPSA) is 94.0 Å². The van der Waals surface area contributed by atoms with Crippen molar-refractivity contribution in [3.8, 4) is 0 Å². The number of pyridine rings is 1. The summed E-state index contributed by atoms with van der Waals surface area (Å²) in [7, 11) is -3.49. The van der Waals surface area contributed by atoms with E-state index in [0.29, 0.717) is 0 Å². The zero-order chi connectivity index (χ0) is 29.4. The van der Waals surface area contributed by atoms with Crippen molar-refractivity contribution in [3.05, 3.63) is 76.6 Å². The van der Waals surface area contributed by atoms with Gasteiger partial charge in [-0.15, -0.1) is 0 Å². The van der Waals surface area contributed by atoms with Crippen LogP contribution in [0.2, 0.25) is 0 Å². The van der Waals surface area contributed by atoms with Crippen LogP contribution in [0.15, 0.2) is 47.5 Å². The summed E-state index contributed by atoms with van der Waals surface area (Å²) in [6.07, 6.45) is -8.45. The van der Waals surface area contributed by atoms with E-state index in [9.17, 15) is 39.6 Å². The van der Waals surface area contributed by atoms with Gasteiger partial charge in [-0.05, 0) is 44.5 Å². The van der Waals surface area contributed by atoms with Gasteiger partial charge in [0, 0.05) is 18.4 Å². The molecule has 0 aliphatic rings. The van der Waals surface area contributed by atoms with Gasteiger partial charge in [-0.2, -0.15) is 26.3 Å². The number of halogens is 6. The van der Waals surface area contributed by atoms with Crippen LogP contribution in [0.5, 0.6) is 0 Å². The average Bonchev–Trinajstić information content (AvgIpc) is 3.18. The Morgan fingerprint density at radius 2 is 1.67 bits per heavy atom. The van der Waals surface area contributed by atoms with E-state index >= 15 is 0 Å². The first-order chi connectivity index (χ1) is 17.9. The minimum atomic E-state index is -4.83. The van der Waals surface area contributed by atoms with E-state index in [1.165, 1.54) is 38.1 Å². The number of carbonyl (C=O) groups is 1. The van der Waals surface area contributed by atoms with Crippen molar-refractivity contribution in [1.29, 1.82) is 0 Å². The molecule has 0 aliphatic heterocycles. The molecule has 3 aromatic rings. The van der Waals surface area contributed by atoms with Gasteiger partial charge in [-0.1, -0.05) is 25.1 Å². The van der Waals surface area contributed by atoms with Crippen molar-refractivity contribution < 1.29 is 39.6 Å². The molecule has 0 radical (unpaired) electrons.